The van der Waals surface area contributed by atoms with Gasteiger partial charge in [0.15, 0.2) is 6.10 Å². The first-order valence-corrected chi connectivity index (χ1v) is 7.79. The minimum Gasteiger partial charge on any atom is -0.484 e. The molecule has 100 valence electrons. The molecule has 1 saturated heterocycles. The lowest BCUT2D eigenvalue weighted by Gasteiger charge is -2.18. The van der Waals surface area contributed by atoms with Crippen molar-refractivity contribution in [3.8, 4) is 5.75 Å². The highest BCUT2D eigenvalue weighted by atomic mass is 79.9. The fourth-order valence-electron chi connectivity index (χ4n) is 1.55. The molecule has 0 N–H and O–H groups in total. The van der Waals surface area contributed by atoms with Gasteiger partial charge < -0.3 is 9.47 Å². The topological polar surface area (TPSA) is 74.7 Å². The third kappa shape index (κ3) is 3.91. The quantitative estimate of drug-likeness (QED) is 0.602. The van der Waals surface area contributed by atoms with Crippen LogP contribution in [0.5, 0.6) is 5.75 Å². The maximum atomic E-state index is 11.1. The fourth-order valence-corrected chi connectivity index (χ4v) is 2.41. The summed E-state index contributed by atoms with van der Waals surface area (Å²) < 4.78 is 38.5. The van der Waals surface area contributed by atoms with Crippen LogP contribution in [0.15, 0.2) is 22.9 Å². The molecule has 1 aliphatic heterocycles. The normalized spacial score (nSPS) is 24.1. The average Bonchev–Trinajstić information content (AvgIpc) is 2.67. The Hall–Kier alpha value is -0.700. The van der Waals surface area contributed by atoms with E-state index in [4.69, 9.17) is 13.7 Å². The van der Waals surface area contributed by atoms with Gasteiger partial charge in [-0.05, 0) is 28.1 Å². The van der Waals surface area contributed by atoms with Crippen molar-refractivity contribution in [2.75, 3.05) is 19.5 Å². The van der Waals surface area contributed by atoms with Gasteiger partial charge in [-0.3, -0.25) is 4.18 Å². The van der Waals surface area contributed by atoms with Crippen LogP contribution in [0.25, 0.3) is 0 Å². The molecule has 8 heteroatoms. The van der Waals surface area contributed by atoms with Gasteiger partial charge in [-0.15, -0.1) is 0 Å². The monoisotopic (exact) mass is 337 g/mol. The molecule has 0 aliphatic carbocycles. The molecule has 2 heterocycles. The molecule has 1 aromatic heterocycles. The summed E-state index contributed by atoms with van der Waals surface area (Å²) in [5.74, 6) is 0.538. The first kappa shape index (κ1) is 13.7. The smallest absolute Gasteiger partial charge is 0.264 e. The summed E-state index contributed by atoms with van der Waals surface area (Å²) >= 11 is 3.21. The number of halogens is 1. The van der Waals surface area contributed by atoms with Crippen LogP contribution in [0.4, 0.5) is 0 Å². The van der Waals surface area contributed by atoms with E-state index in [9.17, 15) is 8.42 Å². The van der Waals surface area contributed by atoms with Gasteiger partial charge in [0.2, 0.25) is 0 Å². The molecular weight excluding hydrogens is 326 g/mol. The highest BCUT2D eigenvalue weighted by molar-refractivity contribution is 9.10. The largest absolute Gasteiger partial charge is 0.484 e. The van der Waals surface area contributed by atoms with Gasteiger partial charge in [-0.25, -0.2) is 4.98 Å². The Kier molecular flexibility index (Phi) is 4.21. The second-order valence-corrected chi connectivity index (χ2v) is 6.26. The zero-order valence-electron chi connectivity index (χ0n) is 9.58. The van der Waals surface area contributed by atoms with E-state index in [1.165, 1.54) is 0 Å². The standard InChI is InChI=1S/C10H12BrNO5S/c1-18(13,14)17-9-6-15-5-8(9)16-7-2-3-10(11)12-4-7/h2-4,8-9H,5-6H2,1H3/t8-,9-/m1/s1. The van der Waals surface area contributed by atoms with E-state index in [0.717, 1.165) is 6.26 Å². The molecule has 6 nitrogen and oxygen atoms in total. The second-order valence-electron chi connectivity index (χ2n) is 3.85. The molecule has 0 amide bonds. The van der Waals surface area contributed by atoms with E-state index in [1.807, 2.05) is 0 Å². The molecule has 2 atom stereocenters. The summed E-state index contributed by atoms with van der Waals surface area (Å²) in [5.41, 5.74) is 0. The first-order valence-electron chi connectivity index (χ1n) is 5.18. The minimum absolute atomic E-state index is 0.196. The number of pyridine rings is 1. The molecule has 0 spiro atoms. The van der Waals surface area contributed by atoms with Crippen LogP contribution in [-0.2, 0) is 19.0 Å². The number of hydrogen-bond donors (Lipinski definition) is 0. The van der Waals surface area contributed by atoms with Crippen LogP contribution in [0, 0.1) is 0 Å². The molecule has 0 aromatic carbocycles. The van der Waals surface area contributed by atoms with E-state index < -0.39 is 22.3 Å². The van der Waals surface area contributed by atoms with Gasteiger partial charge in [0.05, 0.1) is 25.7 Å². The summed E-state index contributed by atoms with van der Waals surface area (Å²) in [7, 11) is -3.52. The van der Waals surface area contributed by atoms with E-state index >= 15 is 0 Å². The van der Waals surface area contributed by atoms with E-state index in [2.05, 4.69) is 20.9 Å². The molecule has 0 unspecified atom stereocenters. The number of nitrogens with zero attached hydrogens (tertiary/aromatic N) is 1. The lowest BCUT2D eigenvalue weighted by Crippen LogP contribution is -2.34. The van der Waals surface area contributed by atoms with Crippen molar-refractivity contribution in [1.82, 2.24) is 4.98 Å². The Morgan fingerprint density at radius 2 is 2.11 bits per heavy atom. The van der Waals surface area contributed by atoms with Crippen LogP contribution >= 0.6 is 15.9 Å². The van der Waals surface area contributed by atoms with E-state index in [-0.39, 0.29) is 13.2 Å². The van der Waals surface area contributed by atoms with Crippen molar-refractivity contribution < 1.29 is 22.1 Å². The molecule has 1 aromatic rings. The molecule has 0 bridgehead atoms. The molecule has 2 rings (SSSR count). The predicted molar refractivity (Wildman–Crippen MR) is 66.9 cm³/mol. The molecule has 1 aliphatic rings. The van der Waals surface area contributed by atoms with Gasteiger partial charge in [0, 0.05) is 0 Å². The third-order valence-corrected chi connectivity index (χ3v) is 3.33. The van der Waals surface area contributed by atoms with Crippen molar-refractivity contribution in [2.24, 2.45) is 0 Å². The summed E-state index contributed by atoms with van der Waals surface area (Å²) in [5, 5.41) is 0. The van der Waals surface area contributed by atoms with Gasteiger partial charge in [0.1, 0.15) is 16.5 Å². The van der Waals surface area contributed by atoms with E-state index in [0.29, 0.717) is 10.4 Å². The summed E-state index contributed by atoms with van der Waals surface area (Å²) in [6.45, 7) is 0.484. The lowest BCUT2D eigenvalue weighted by molar-refractivity contribution is 0.0964. The van der Waals surface area contributed by atoms with Crippen molar-refractivity contribution in [1.29, 1.82) is 0 Å². The Balaban J connectivity index is 2.01. The maximum absolute atomic E-state index is 11.1. The SMILES string of the molecule is CS(=O)(=O)O[C@@H]1COC[C@H]1Oc1ccc(Br)nc1. The Morgan fingerprint density at radius 3 is 2.72 bits per heavy atom. The Bertz CT molecular complexity index is 504. The molecular formula is C10H12BrNO5S. The minimum atomic E-state index is -3.52. The van der Waals surface area contributed by atoms with Crippen LogP contribution in [-0.4, -0.2) is 45.1 Å². The van der Waals surface area contributed by atoms with Crippen LogP contribution in [0.1, 0.15) is 0 Å². The molecule has 18 heavy (non-hydrogen) atoms. The molecule has 0 saturated carbocycles. The van der Waals surface area contributed by atoms with Crippen molar-refractivity contribution in [2.45, 2.75) is 12.2 Å². The van der Waals surface area contributed by atoms with Gasteiger partial charge in [0.25, 0.3) is 10.1 Å². The van der Waals surface area contributed by atoms with Gasteiger partial charge in [-0.1, -0.05) is 0 Å². The zero-order valence-corrected chi connectivity index (χ0v) is 12.0. The van der Waals surface area contributed by atoms with Crippen LogP contribution < -0.4 is 4.74 Å². The number of ether oxygens (including phenoxy) is 2. The van der Waals surface area contributed by atoms with Crippen LogP contribution in [0.2, 0.25) is 0 Å². The number of rotatable bonds is 4. The Morgan fingerprint density at radius 1 is 1.39 bits per heavy atom. The van der Waals surface area contributed by atoms with Crippen molar-refractivity contribution in [3.05, 3.63) is 22.9 Å². The maximum Gasteiger partial charge on any atom is 0.264 e. The van der Waals surface area contributed by atoms with Gasteiger partial charge in [-0.2, -0.15) is 8.42 Å². The van der Waals surface area contributed by atoms with Gasteiger partial charge >= 0.3 is 0 Å². The highest BCUT2D eigenvalue weighted by Crippen LogP contribution is 2.20. The third-order valence-electron chi connectivity index (χ3n) is 2.27. The Labute approximate surface area is 114 Å². The zero-order chi connectivity index (χ0) is 13.2. The molecule has 0 radical (unpaired) electrons. The average molecular weight is 338 g/mol. The summed E-state index contributed by atoms with van der Waals surface area (Å²) in [6.07, 6.45) is 1.47. The number of aromatic nitrogens is 1. The number of hydrogen-bond acceptors (Lipinski definition) is 6. The van der Waals surface area contributed by atoms with E-state index in [1.54, 1.807) is 18.3 Å². The highest BCUT2D eigenvalue weighted by Gasteiger charge is 2.33. The fraction of sp³-hybridized carbons (Fsp3) is 0.500. The predicted octanol–water partition coefficient (Wildman–Crippen LogP) is 0.966. The second kappa shape index (κ2) is 5.52. The van der Waals surface area contributed by atoms with Crippen LogP contribution in [0.3, 0.4) is 0 Å². The summed E-state index contributed by atoms with van der Waals surface area (Å²) in [4.78, 5) is 4.01. The lowest BCUT2D eigenvalue weighted by atomic mass is 10.2. The molecule has 1 fully saturated rings. The summed E-state index contributed by atoms with van der Waals surface area (Å²) in [6, 6.07) is 3.46. The van der Waals surface area contributed by atoms with Crippen molar-refractivity contribution >= 4 is 26.0 Å². The van der Waals surface area contributed by atoms with Crippen molar-refractivity contribution in [3.63, 3.8) is 0 Å². The first-order chi connectivity index (χ1) is 8.44.